The van der Waals surface area contributed by atoms with Crippen molar-refractivity contribution in [2.75, 3.05) is 27.3 Å². The lowest BCUT2D eigenvalue weighted by Crippen LogP contribution is -2.29. The summed E-state index contributed by atoms with van der Waals surface area (Å²) in [5.41, 5.74) is 1.93. The molecule has 0 amide bonds. The number of hydrogen-bond donors (Lipinski definition) is 1. The predicted octanol–water partition coefficient (Wildman–Crippen LogP) is 2.60. The Balaban J connectivity index is 0.00000176. The number of nitrogens with one attached hydrogen (secondary N) is 1. The van der Waals surface area contributed by atoms with Crippen molar-refractivity contribution >= 4 is 5.78 Å². The molecule has 0 aromatic heterocycles. The molecule has 1 aliphatic carbocycles. The number of Topliss-reactive ketones (excluding diaryl/α,β-unsaturated/α-hetero) is 1. The Morgan fingerprint density at radius 1 is 1.14 bits per heavy atom. The molecule has 22 heavy (non-hydrogen) atoms. The van der Waals surface area contributed by atoms with Crippen LogP contribution in [-0.4, -0.2) is 33.1 Å². The van der Waals surface area contributed by atoms with Crippen LogP contribution in [0, 0.1) is 11.8 Å². The molecule has 1 unspecified atom stereocenters. The Labute approximate surface area is 130 Å². The zero-order chi connectivity index (χ0) is 14.8. The maximum absolute atomic E-state index is 12.6. The molecule has 0 radical (unpaired) electrons. The first kappa shape index (κ1) is 16.7. The number of ether oxygens (including phenoxy) is 2. The van der Waals surface area contributed by atoms with Gasteiger partial charge in [0.15, 0.2) is 17.3 Å². The molecule has 5 heteroatoms. The van der Waals surface area contributed by atoms with Crippen LogP contribution in [0.3, 0.4) is 0 Å². The second-order valence-electron chi connectivity index (χ2n) is 6.06. The monoisotopic (exact) mass is 309 g/mol. The summed E-state index contributed by atoms with van der Waals surface area (Å²) in [6.07, 6.45) is 4.23. The number of ketones is 1. The molecule has 1 atom stereocenters. The van der Waals surface area contributed by atoms with E-state index in [4.69, 9.17) is 9.47 Å². The average Bonchev–Trinajstić information content (AvgIpc) is 2.82. The smallest absolute Gasteiger partial charge is 0.166 e. The molecular weight excluding hydrogens is 285 g/mol. The molecule has 0 spiro atoms. The van der Waals surface area contributed by atoms with Gasteiger partial charge in [0.25, 0.3) is 0 Å². The summed E-state index contributed by atoms with van der Waals surface area (Å²) in [7, 11) is 3.24. The van der Waals surface area contributed by atoms with Gasteiger partial charge in [-0.25, -0.2) is 0 Å². The Morgan fingerprint density at radius 3 is 2.41 bits per heavy atom. The number of fused-ring (bicyclic) bond motifs is 1. The average molecular weight is 309 g/mol. The number of hydrogen-bond acceptors (Lipinski definition) is 4. The van der Waals surface area contributed by atoms with Gasteiger partial charge < -0.3 is 14.8 Å². The lowest BCUT2D eigenvalue weighted by atomic mass is 9.86. The molecule has 122 valence electrons. The number of methoxy groups -OCH3 is 2. The Morgan fingerprint density at radius 2 is 1.77 bits per heavy atom. The first-order valence-corrected chi connectivity index (χ1v) is 7.72. The number of rotatable bonds is 4. The third-order valence-corrected chi connectivity index (χ3v) is 4.79. The van der Waals surface area contributed by atoms with Crippen LogP contribution >= 0.6 is 0 Å². The summed E-state index contributed by atoms with van der Waals surface area (Å²) in [4.78, 5) is 12.6. The summed E-state index contributed by atoms with van der Waals surface area (Å²) in [5, 5.41) is 3.38. The van der Waals surface area contributed by atoms with Crippen LogP contribution in [0.15, 0.2) is 12.1 Å². The highest BCUT2D eigenvalue weighted by Crippen LogP contribution is 2.39. The van der Waals surface area contributed by atoms with Crippen LogP contribution in [0.5, 0.6) is 11.5 Å². The number of piperidine rings is 1. The predicted molar refractivity (Wildman–Crippen MR) is 83.8 cm³/mol. The minimum absolute atomic E-state index is 0. The van der Waals surface area contributed by atoms with E-state index in [1.165, 1.54) is 12.8 Å². The van der Waals surface area contributed by atoms with Gasteiger partial charge in [-0.3, -0.25) is 9.50 Å². The highest BCUT2D eigenvalue weighted by Gasteiger charge is 2.33. The minimum Gasteiger partial charge on any atom is -0.493 e. The third-order valence-electron chi connectivity index (χ3n) is 4.79. The highest BCUT2D eigenvalue weighted by atomic mass is 19.0. The number of carbonyl (C=O) groups excluding carboxylic acids is 1. The molecule has 1 saturated heterocycles. The molecule has 4 nitrogen and oxygen atoms in total. The molecule has 2 aliphatic rings. The zero-order valence-electron chi connectivity index (χ0n) is 13.2. The van der Waals surface area contributed by atoms with E-state index in [9.17, 15) is 4.79 Å². The van der Waals surface area contributed by atoms with Crippen molar-refractivity contribution in [3.8, 4) is 11.5 Å². The molecule has 1 aromatic rings. The Bertz CT molecular complexity index is 541. The summed E-state index contributed by atoms with van der Waals surface area (Å²) in [5.74, 6) is 2.46. The normalized spacial score (nSPS) is 21.2. The van der Waals surface area contributed by atoms with Gasteiger partial charge in [-0.15, -0.1) is 0 Å². The SMILES string of the molecule is COc1cc2c(cc1OC)C(=O)C(CC1CCNCC1)C2.F. The van der Waals surface area contributed by atoms with Gasteiger partial charge in [0, 0.05) is 11.5 Å². The standard InChI is InChI=1S/C17H23NO3.FH/c1-20-15-9-12-8-13(7-11-3-5-18-6-4-11)17(19)14(12)10-16(15)21-2;/h9-11,13,18H,3-8H2,1-2H3;1H. The van der Waals surface area contributed by atoms with Crippen molar-refractivity contribution in [1.82, 2.24) is 5.32 Å². The van der Waals surface area contributed by atoms with Crippen LogP contribution in [0.25, 0.3) is 0 Å². The molecular formula is C17H24FNO3. The Kier molecular flexibility index (Phi) is 5.40. The van der Waals surface area contributed by atoms with Gasteiger partial charge in [-0.2, -0.15) is 0 Å². The second-order valence-corrected chi connectivity index (χ2v) is 6.06. The van der Waals surface area contributed by atoms with Gasteiger partial charge >= 0.3 is 0 Å². The molecule has 0 bridgehead atoms. The van der Waals surface area contributed by atoms with E-state index >= 15 is 0 Å². The molecule has 1 fully saturated rings. The van der Waals surface area contributed by atoms with Gasteiger partial charge in [0.1, 0.15) is 0 Å². The summed E-state index contributed by atoms with van der Waals surface area (Å²) in [6, 6.07) is 3.81. The van der Waals surface area contributed by atoms with Gasteiger partial charge in [0.2, 0.25) is 0 Å². The van der Waals surface area contributed by atoms with E-state index < -0.39 is 0 Å². The van der Waals surface area contributed by atoms with Crippen LogP contribution in [0.2, 0.25) is 0 Å². The first-order valence-electron chi connectivity index (χ1n) is 7.72. The molecule has 1 aromatic carbocycles. The van der Waals surface area contributed by atoms with Crippen LogP contribution in [-0.2, 0) is 6.42 Å². The summed E-state index contributed by atoms with van der Waals surface area (Å²) in [6.45, 7) is 2.17. The van der Waals surface area contributed by atoms with E-state index in [2.05, 4.69) is 5.32 Å². The number of halogens is 1. The van der Waals surface area contributed by atoms with E-state index in [1.807, 2.05) is 12.1 Å². The molecule has 1 heterocycles. The van der Waals surface area contributed by atoms with E-state index in [-0.39, 0.29) is 16.4 Å². The van der Waals surface area contributed by atoms with Gasteiger partial charge in [-0.05, 0) is 62.4 Å². The maximum atomic E-state index is 12.6. The van der Waals surface area contributed by atoms with Crippen molar-refractivity contribution in [3.63, 3.8) is 0 Å². The second kappa shape index (κ2) is 7.09. The number of carbonyl (C=O) groups is 1. The van der Waals surface area contributed by atoms with Crippen molar-refractivity contribution < 1.29 is 19.0 Å². The first-order chi connectivity index (χ1) is 10.2. The molecule has 3 rings (SSSR count). The fourth-order valence-electron chi connectivity index (χ4n) is 3.61. The van der Waals surface area contributed by atoms with Crippen molar-refractivity contribution in [3.05, 3.63) is 23.3 Å². The van der Waals surface area contributed by atoms with Crippen LogP contribution < -0.4 is 14.8 Å². The quantitative estimate of drug-likeness (QED) is 0.929. The molecule has 1 aliphatic heterocycles. The Hall–Kier alpha value is -1.62. The fraction of sp³-hybridized carbons (Fsp3) is 0.588. The fourth-order valence-corrected chi connectivity index (χ4v) is 3.61. The highest BCUT2D eigenvalue weighted by molar-refractivity contribution is 6.02. The summed E-state index contributed by atoms with van der Waals surface area (Å²) < 4.78 is 10.6. The lowest BCUT2D eigenvalue weighted by molar-refractivity contribution is 0.0913. The van der Waals surface area contributed by atoms with Crippen LogP contribution in [0.1, 0.15) is 35.2 Å². The largest absolute Gasteiger partial charge is 0.493 e. The third kappa shape index (κ3) is 3.09. The van der Waals surface area contributed by atoms with Crippen molar-refractivity contribution in [1.29, 1.82) is 0 Å². The van der Waals surface area contributed by atoms with E-state index in [1.54, 1.807) is 14.2 Å². The minimum atomic E-state index is 0. The van der Waals surface area contributed by atoms with Crippen molar-refractivity contribution in [2.24, 2.45) is 11.8 Å². The topological polar surface area (TPSA) is 47.6 Å². The van der Waals surface area contributed by atoms with Crippen molar-refractivity contribution in [2.45, 2.75) is 25.7 Å². The van der Waals surface area contributed by atoms with E-state index in [0.717, 1.165) is 37.1 Å². The molecule has 0 saturated carbocycles. The van der Waals surface area contributed by atoms with Gasteiger partial charge in [-0.1, -0.05) is 0 Å². The zero-order valence-corrected chi connectivity index (χ0v) is 13.2. The molecule has 1 N–H and O–H groups in total. The van der Waals surface area contributed by atoms with E-state index in [0.29, 0.717) is 17.4 Å². The summed E-state index contributed by atoms with van der Waals surface area (Å²) >= 11 is 0. The van der Waals surface area contributed by atoms with Crippen LogP contribution in [0.4, 0.5) is 4.70 Å². The van der Waals surface area contributed by atoms with Gasteiger partial charge in [0.05, 0.1) is 14.2 Å². The number of benzene rings is 1. The lowest BCUT2D eigenvalue weighted by Gasteiger charge is -2.24. The maximum Gasteiger partial charge on any atom is 0.166 e.